The van der Waals surface area contributed by atoms with Crippen LogP contribution < -0.4 is 20.7 Å². The number of allylic oxidation sites excluding steroid dienone is 2. The summed E-state index contributed by atoms with van der Waals surface area (Å²) in [7, 11) is 1.54. The Hall–Kier alpha value is -4.48. The zero-order valence-electron chi connectivity index (χ0n) is 22.3. The molecule has 39 heavy (non-hydrogen) atoms. The number of nitrogens with zero attached hydrogens (tertiary/aromatic N) is 1. The predicted molar refractivity (Wildman–Crippen MR) is 156 cm³/mol. The molecule has 7 nitrogen and oxygen atoms in total. The Morgan fingerprint density at radius 2 is 1.69 bits per heavy atom. The van der Waals surface area contributed by atoms with Crippen LogP contribution in [0.15, 0.2) is 94.7 Å². The molecule has 2 amide bonds. The first-order valence-electron chi connectivity index (χ1n) is 12.4. The predicted octanol–water partition coefficient (Wildman–Crippen LogP) is 6.02. The first kappa shape index (κ1) is 27.6. The maximum atomic E-state index is 13.7. The Balaban J connectivity index is 1.61. The molecule has 0 bridgehead atoms. The number of carbonyl (C=O) groups excluding carboxylic acids is 2. The minimum absolute atomic E-state index is 0.0952. The standard InChI is InChI=1S/C31H30N4O3S/c1-19-14-15-23(16-20(19)2)34-27(36)18-39-31-24(17-32)29(22-10-6-5-7-11-22)28(21(3)33-31)30(37)35-25-12-8-9-13-26(25)38-4/h5-16,29,33H,18H2,1-4H3,(H,34,36)(H,35,37). The molecule has 0 fully saturated rings. The third-order valence-electron chi connectivity index (χ3n) is 6.52. The molecule has 1 heterocycles. The molecular weight excluding hydrogens is 508 g/mol. The summed E-state index contributed by atoms with van der Waals surface area (Å²) < 4.78 is 5.39. The van der Waals surface area contributed by atoms with Gasteiger partial charge in [0.05, 0.1) is 41.1 Å². The number of amides is 2. The van der Waals surface area contributed by atoms with Crippen LogP contribution >= 0.6 is 11.8 Å². The van der Waals surface area contributed by atoms with Crippen molar-refractivity contribution >= 4 is 35.0 Å². The van der Waals surface area contributed by atoms with Crippen LogP contribution in [-0.4, -0.2) is 24.7 Å². The van der Waals surface area contributed by atoms with E-state index in [2.05, 4.69) is 22.0 Å². The van der Waals surface area contributed by atoms with Crippen LogP contribution in [0.4, 0.5) is 11.4 Å². The van der Waals surface area contributed by atoms with Gasteiger partial charge in [-0.3, -0.25) is 9.59 Å². The number of nitrogens with one attached hydrogen (secondary N) is 3. The minimum atomic E-state index is -0.613. The highest BCUT2D eigenvalue weighted by atomic mass is 32.2. The number of thioether (sulfide) groups is 1. The summed E-state index contributed by atoms with van der Waals surface area (Å²) in [6.45, 7) is 5.82. The quantitative estimate of drug-likeness (QED) is 0.324. The topological polar surface area (TPSA) is 103 Å². The highest BCUT2D eigenvalue weighted by Crippen LogP contribution is 2.41. The number of ether oxygens (including phenoxy) is 1. The number of para-hydroxylation sites is 2. The number of nitriles is 1. The molecule has 0 aromatic heterocycles. The van der Waals surface area contributed by atoms with E-state index in [1.807, 2.05) is 74.5 Å². The lowest BCUT2D eigenvalue weighted by Crippen LogP contribution is -2.31. The van der Waals surface area contributed by atoms with Crippen LogP contribution in [0.3, 0.4) is 0 Å². The highest BCUT2D eigenvalue weighted by molar-refractivity contribution is 8.03. The number of aryl methyl sites for hydroxylation is 2. The van der Waals surface area contributed by atoms with Gasteiger partial charge < -0.3 is 20.7 Å². The van der Waals surface area contributed by atoms with Crippen LogP contribution in [0, 0.1) is 25.2 Å². The number of benzene rings is 3. The van der Waals surface area contributed by atoms with Gasteiger partial charge in [0.15, 0.2) is 0 Å². The lowest BCUT2D eigenvalue weighted by atomic mass is 9.82. The van der Waals surface area contributed by atoms with Gasteiger partial charge in [0.1, 0.15) is 5.75 Å². The smallest absolute Gasteiger partial charge is 0.254 e. The summed E-state index contributed by atoms with van der Waals surface area (Å²) in [6.07, 6.45) is 0. The molecule has 3 aromatic carbocycles. The molecule has 198 valence electrons. The van der Waals surface area contributed by atoms with Crippen molar-refractivity contribution in [2.75, 3.05) is 23.5 Å². The lowest BCUT2D eigenvalue weighted by Gasteiger charge is -2.30. The van der Waals surface area contributed by atoms with Crippen molar-refractivity contribution in [3.05, 3.63) is 111 Å². The minimum Gasteiger partial charge on any atom is -0.495 e. The monoisotopic (exact) mass is 538 g/mol. The molecule has 1 aliphatic heterocycles. The number of carbonyl (C=O) groups is 2. The van der Waals surface area contributed by atoms with Gasteiger partial charge in [-0.25, -0.2) is 0 Å². The van der Waals surface area contributed by atoms with E-state index in [-0.39, 0.29) is 17.6 Å². The molecule has 0 saturated carbocycles. The number of rotatable bonds is 8. The normalized spacial score (nSPS) is 14.8. The van der Waals surface area contributed by atoms with E-state index in [4.69, 9.17) is 4.74 Å². The van der Waals surface area contributed by atoms with Gasteiger partial charge in [-0.1, -0.05) is 60.3 Å². The summed E-state index contributed by atoms with van der Waals surface area (Å²) in [6, 6.07) is 24.7. The maximum Gasteiger partial charge on any atom is 0.254 e. The average molecular weight is 539 g/mol. The molecule has 0 aliphatic carbocycles. The average Bonchev–Trinajstić information content (AvgIpc) is 2.94. The molecule has 8 heteroatoms. The van der Waals surface area contributed by atoms with Crippen molar-refractivity contribution in [1.82, 2.24) is 5.32 Å². The van der Waals surface area contributed by atoms with Crippen molar-refractivity contribution in [2.45, 2.75) is 26.7 Å². The summed E-state index contributed by atoms with van der Waals surface area (Å²) in [5, 5.41) is 19.9. The van der Waals surface area contributed by atoms with E-state index in [0.717, 1.165) is 22.4 Å². The van der Waals surface area contributed by atoms with Gasteiger partial charge in [0.2, 0.25) is 5.91 Å². The second kappa shape index (κ2) is 12.4. The Morgan fingerprint density at radius 3 is 2.38 bits per heavy atom. The summed E-state index contributed by atoms with van der Waals surface area (Å²) in [4.78, 5) is 26.4. The van der Waals surface area contributed by atoms with Crippen LogP contribution in [0.1, 0.15) is 29.5 Å². The summed E-state index contributed by atoms with van der Waals surface area (Å²) in [5.74, 6) is -0.517. The molecular formula is C31H30N4O3S. The van der Waals surface area contributed by atoms with E-state index >= 15 is 0 Å². The van der Waals surface area contributed by atoms with Crippen molar-refractivity contribution in [2.24, 2.45) is 0 Å². The van der Waals surface area contributed by atoms with Gasteiger partial charge in [0, 0.05) is 17.0 Å². The lowest BCUT2D eigenvalue weighted by molar-refractivity contribution is -0.114. The van der Waals surface area contributed by atoms with Crippen molar-refractivity contribution in [3.63, 3.8) is 0 Å². The molecule has 0 radical (unpaired) electrons. The van der Waals surface area contributed by atoms with E-state index in [9.17, 15) is 14.9 Å². The zero-order valence-corrected chi connectivity index (χ0v) is 23.1. The van der Waals surface area contributed by atoms with E-state index < -0.39 is 5.92 Å². The number of anilines is 2. The Labute approximate surface area is 233 Å². The molecule has 1 atom stereocenters. The third-order valence-corrected chi connectivity index (χ3v) is 7.54. The van der Waals surface area contributed by atoms with Crippen molar-refractivity contribution < 1.29 is 14.3 Å². The largest absolute Gasteiger partial charge is 0.495 e. The van der Waals surface area contributed by atoms with Gasteiger partial charge >= 0.3 is 0 Å². The molecule has 1 aliphatic rings. The fourth-order valence-corrected chi connectivity index (χ4v) is 5.29. The molecule has 1 unspecified atom stereocenters. The number of dihydropyridines is 1. The van der Waals surface area contributed by atoms with Gasteiger partial charge in [-0.2, -0.15) is 5.26 Å². The van der Waals surface area contributed by atoms with Crippen LogP contribution in [0.5, 0.6) is 5.75 Å². The van der Waals surface area contributed by atoms with Crippen LogP contribution in [0.2, 0.25) is 0 Å². The van der Waals surface area contributed by atoms with E-state index in [1.165, 1.54) is 11.8 Å². The van der Waals surface area contributed by atoms with E-state index in [0.29, 0.717) is 33.3 Å². The van der Waals surface area contributed by atoms with Gasteiger partial charge in [-0.05, 0) is 61.7 Å². The number of methoxy groups -OCH3 is 1. The van der Waals surface area contributed by atoms with Crippen LogP contribution in [0.25, 0.3) is 0 Å². The fraction of sp³-hybridized carbons (Fsp3) is 0.194. The Kier molecular flexibility index (Phi) is 8.74. The molecule has 3 aromatic rings. The third kappa shape index (κ3) is 6.33. The van der Waals surface area contributed by atoms with Crippen molar-refractivity contribution in [3.8, 4) is 11.8 Å². The molecule has 4 rings (SSSR count). The zero-order chi connectivity index (χ0) is 27.9. The summed E-state index contributed by atoms with van der Waals surface area (Å²) >= 11 is 1.24. The number of hydrogen-bond donors (Lipinski definition) is 3. The SMILES string of the molecule is COc1ccccc1NC(=O)C1=C(C)NC(SCC(=O)Nc2ccc(C)c(C)c2)=C(C#N)C1c1ccccc1. The first-order valence-corrected chi connectivity index (χ1v) is 13.4. The second-order valence-corrected chi connectivity index (χ2v) is 10.1. The Bertz CT molecular complexity index is 1510. The first-order chi connectivity index (χ1) is 18.8. The maximum absolute atomic E-state index is 13.7. The molecule has 0 saturated heterocycles. The Morgan fingerprint density at radius 1 is 0.974 bits per heavy atom. The van der Waals surface area contributed by atoms with Gasteiger partial charge in [0.25, 0.3) is 5.91 Å². The molecule has 3 N–H and O–H groups in total. The summed E-state index contributed by atoms with van der Waals surface area (Å²) in [5.41, 5.74) is 5.70. The number of hydrogen-bond acceptors (Lipinski definition) is 6. The van der Waals surface area contributed by atoms with E-state index in [1.54, 1.807) is 26.2 Å². The second-order valence-electron chi connectivity index (χ2n) is 9.15. The fourth-order valence-electron chi connectivity index (χ4n) is 4.40. The highest BCUT2D eigenvalue weighted by Gasteiger charge is 2.35. The molecule has 0 spiro atoms. The van der Waals surface area contributed by atoms with Crippen LogP contribution in [-0.2, 0) is 9.59 Å². The van der Waals surface area contributed by atoms with Crippen molar-refractivity contribution in [1.29, 1.82) is 5.26 Å². The van der Waals surface area contributed by atoms with Gasteiger partial charge in [-0.15, -0.1) is 0 Å².